The predicted molar refractivity (Wildman–Crippen MR) is 92.1 cm³/mol. The second kappa shape index (κ2) is 7.00. The first-order valence-electron chi connectivity index (χ1n) is 8.99. The lowest BCUT2D eigenvalue weighted by atomic mass is 9.67. The van der Waals surface area contributed by atoms with E-state index < -0.39 is 0 Å². The summed E-state index contributed by atoms with van der Waals surface area (Å²) in [6.07, 6.45) is 6.74. The van der Waals surface area contributed by atoms with Gasteiger partial charge in [0.25, 0.3) is 0 Å². The van der Waals surface area contributed by atoms with Gasteiger partial charge in [-0.05, 0) is 45.1 Å². The van der Waals surface area contributed by atoms with Crippen LogP contribution in [0.3, 0.4) is 0 Å². The first-order valence-corrected chi connectivity index (χ1v) is 8.99. The van der Waals surface area contributed by atoms with Crippen molar-refractivity contribution < 1.29 is 9.32 Å². The minimum atomic E-state index is -0.148. The molecular weight excluding hydrogens is 328 g/mol. The van der Waals surface area contributed by atoms with Crippen LogP contribution in [-0.4, -0.2) is 47.1 Å². The third kappa shape index (κ3) is 2.94. The molecule has 6 nitrogen and oxygen atoms in total. The highest BCUT2D eigenvalue weighted by molar-refractivity contribution is 5.85. The Morgan fingerprint density at radius 1 is 1.33 bits per heavy atom. The number of amides is 1. The molecular formula is C17H27ClN4O2. The van der Waals surface area contributed by atoms with E-state index >= 15 is 0 Å². The van der Waals surface area contributed by atoms with Gasteiger partial charge in [0, 0.05) is 19.6 Å². The van der Waals surface area contributed by atoms with Crippen LogP contribution >= 0.6 is 12.4 Å². The standard InChI is InChI=1S/C17H26N4O2.ClH/c1-12-19-15(23-20-12)13-5-4-8-21(10-13)16(22)17-7-3-2-6-14(17)9-18-11-17;/h13-14,18H,2-11H2,1H3;1H/t13?,14-,17+;/m0./s1. The fraction of sp³-hybridized carbons (Fsp3) is 0.824. The molecule has 134 valence electrons. The largest absolute Gasteiger partial charge is 0.341 e. The van der Waals surface area contributed by atoms with Crippen molar-refractivity contribution in [1.82, 2.24) is 20.4 Å². The van der Waals surface area contributed by atoms with Gasteiger partial charge in [0.2, 0.25) is 11.8 Å². The highest BCUT2D eigenvalue weighted by atomic mass is 35.5. The van der Waals surface area contributed by atoms with Crippen LogP contribution in [0.4, 0.5) is 0 Å². The molecule has 1 N–H and O–H groups in total. The molecule has 0 bridgehead atoms. The van der Waals surface area contributed by atoms with Crippen molar-refractivity contribution in [2.24, 2.45) is 11.3 Å². The smallest absolute Gasteiger partial charge is 0.231 e. The average molecular weight is 355 g/mol. The van der Waals surface area contributed by atoms with Gasteiger partial charge in [0.15, 0.2) is 5.82 Å². The minimum absolute atomic E-state index is 0. The number of piperidine rings is 1. The number of carbonyl (C=O) groups excluding carboxylic acids is 1. The van der Waals surface area contributed by atoms with Crippen LogP contribution in [0.15, 0.2) is 4.52 Å². The van der Waals surface area contributed by atoms with Crippen LogP contribution in [-0.2, 0) is 4.79 Å². The van der Waals surface area contributed by atoms with E-state index in [1.54, 1.807) is 0 Å². The summed E-state index contributed by atoms with van der Waals surface area (Å²) in [7, 11) is 0. The molecule has 1 aliphatic carbocycles. The van der Waals surface area contributed by atoms with Crippen LogP contribution < -0.4 is 5.32 Å². The number of halogens is 1. The maximum atomic E-state index is 13.4. The number of nitrogens with zero attached hydrogens (tertiary/aromatic N) is 3. The van der Waals surface area contributed by atoms with Crippen molar-refractivity contribution in [1.29, 1.82) is 0 Å². The van der Waals surface area contributed by atoms with E-state index in [9.17, 15) is 4.79 Å². The topological polar surface area (TPSA) is 71.3 Å². The molecule has 0 spiro atoms. The molecule has 2 saturated heterocycles. The Labute approximate surface area is 149 Å². The van der Waals surface area contributed by atoms with Gasteiger partial charge in [-0.1, -0.05) is 18.0 Å². The molecule has 1 aromatic heterocycles. The molecule has 0 radical (unpaired) electrons. The number of carbonyl (C=O) groups is 1. The molecule has 4 rings (SSSR count). The highest BCUT2D eigenvalue weighted by Gasteiger charge is 2.51. The summed E-state index contributed by atoms with van der Waals surface area (Å²) in [4.78, 5) is 19.8. The molecule has 1 saturated carbocycles. The molecule has 1 unspecified atom stereocenters. The Morgan fingerprint density at radius 3 is 3.00 bits per heavy atom. The number of rotatable bonds is 2. The van der Waals surface area contributed by atoms with E-state index in [0.29, 0.717) is 23.5 Å². The normalized spacial score (nSPS) is 33.0. The molecule has 1 aromatic rings. The molecule has 0 aromatic carbocycles. The van der Waals surface area contributed by atoms with Crippen LogP contribution in [0.1, 0.15) is 56.2 Å². The third-order valence-electron chi connectivity index (χ3n) is 6.07. The Balaban J connectivity index is 0.00000169. The first-order chi connectivity index (χ1) is 11.2. The van der Waals surface area contributed by atoms with Crippen LogP contribution in [0.5, 0.6) is 0 Å². The lowest BCUT2D eigenvalue weighted by Gasteiger charge is -2.42. The first kappa shape index (κ1) is 17.7. The van der Waals surface area contributed by atoms with Gasteiger partial charge in [-0.15, -0.1) is 12.4 Å². The number of aryl methyl sites for hydroxylation is 1. The van der Waals surface area contributed by atoms with Crippen molar-refractivity contribution in [3.8, 4) is 0 Å². The summed E-state index contributed by atoms with van der Waals surface area (Å²) in [5.74, 6) is 2.46. The van der Waals surface area contributed by atoms with E-state index in [1.165, 1.54) is 19.3 Å². The number of likely N-dealkylation sites (tertiary alicyclic amines) is 1. The molecule has 7 heteroatoms. The zero-order chi connectivity index (χ0) is 15.9. The fourth-order valence-corrected chi connectivity index (χ4v) is 4.83. The average Bonchev–Trinajstić information content (AvgIpc) is 3.21. The number of aromatic nitrogens is 2. The summed E-state index contributed by atoms with van der Waals surface area (Å²) >= 11 is 0. The lowest BCUT2D eigenvalue weighted by molar-refractivity contribution is -0.146. The zero-order valence-electron chi connectivity index (χ0n) is 14.3. The van der Waals surface area contributed by atoms with Gasteiger partial charge >= 0.3 is 0 Å². The Kier molecular flexibility index (Phi) is 5.16. The van der Waals surface area contributed by atoms with Gasteiger partial charge in [-0.3, -0.25) is 4.79 Å². The van der Waals surface area contributed by atoms with E-state index in [0.717, 1.165) is 45.4 Å². The quantitative estimate of drug-likeness (QED) is 0.882. The maximum absolute atomic E-state index is 13.4. The van der Waals surface area contributed by atoms with Crippen LogP contribution in [0.25, 0.3) is 0 Å². The molecule has 24 heavy (non-hydrogen) atoms. The van der Waals surface area contributed by atoms with Gasteiger partial charge in [0.1, 0.15) is 0 Å². The van der Waals surface area contributed by atoms with Crippen molar-refractivity contribution in [2.75, 3.05) is 26.2 Å². The second-order valence-corrected chi connectivity index (χ2v) is 7.50. The summed E-state index contributed by atoms with van der Waals surface area (Å²) in [6.45, 7) is 5.31. The molecule has 1 amide bonds. The molecule has 3 fully saturated rings. The van der Waals surface area contributed by atoms with Gasteiger partial charge in [0.05, 0.1) is 11.3 Å². The van der Waals surface area contributed by atoms with E-state index in [1.807, 2.05) is 6.92 Å². The fourth-order valence-electron chi connectivity index (χ4n) is 4.83. The lowest BCUT2D eigenvalue weighted by Crippen LogP contribution is -2.52. The second-order valence-electron chi connectivity index (χ2n) is 7.50. The number of fused-ring (bicyclic) bond motifs is 1. The number of hydrogen-bond donors (Lipinski definition) is 1. The van der Waals surface area contributed by atoms with Gasteiger partial charge < -0.3 is 14.7 Å². The van der Waals surface area contributed by atoms with Crippen LogP contribution in [0.2, 0.25) is 0 Å². The predicted octanol–water partition coefficient (Wildman–Crippen LogP) is 2.29. The van der Waals surface area contributed by atoms with Gasteiger partial charge in [-0.2, -0.15) is 4.98 Å². The van der Waals surface area contributed by atoms with Crippen molar-refractivity contribution in [3.63, 3.8) is 0 Å². The summed E-state index contributed by atoms with van der Waals surface area (Å²) in [5.41, 5.74) is -0.148. The Bertz CT molecular complexity index is 593. The van der Waals surface area contributed by atoms with Crippen LogP contribution in [0, 0.1) is 18.3 Å². The third-order valence-corrected chi connectivity index (χ3v) is 6.07. The van der Waals surface area contributed by atoms with Gasteiger partial charge in [-0.25, -0.2) is 0 Å². The maximum Gasteiger partial charge on any atom is 0.231 e. The van der Waals surface area contributed by atoms with Crippen molar-refractivity contribution in [2.45, 2.75) is 51.4 Å². The zero-order valence-corrected chi connectivity index (χ0v) is 15.1. The summed E-state index contributed by atoms with van der Waals surface area (Å²) in [5, 5.41) is 7.39. The Morgan fingerprint density at radius 2 is 2.21 bits per heavy atom. The van der Waals surface area contributed by atoms with Crippen molar-refractivity contribution >= 4 is 18.3 Å². The number of hydrogen-bond acceptors (Lipinski definition) is 5. The van der Waals surface area contributed by atoms with E-state index in [2.05, 4.69) is 20.4 Å². The van der Waals surface area contributed by atoms with E-state index in [4.69, 9.17) is 4.52 Å². The monoisotopic (exact) mass is 354 g/mol. The molecule has 3 heterocycles. The minimum Gasteiger partial charge on any atom is -0.341 e. The summed E-state index contributed by atoms with van der Waals surface area (Å²) in [6, 6.07) is 0. The molecule has 2 aliphatic heterocycles. The summed E-state index contributed by atoms with van der Waals surface area (Å²) < 4.78 is 5.35. The highest BCUT2D eigenvalue weighted by Crippen LogP contribution is 2.45. The SMILES string of the molecule is Cc1noc(C2CCCN(C(=O)[C@@]34CCCC[C@H]3CNC4)C2)n1.Cl. The Hall–Kier alpha value is -1.14. The van der Waals surface area contributed by atoms with Crippen molar-refractivity contribution in [3.05, 3.63) is 11.7 Å². The molecule has 3 atom stereocenters. The molecule has 3 aliphatic rings. The van der Waals surface area contributed by atoms with E-state index in [-0.39, 0.29) is 23.7 Å². The number of nitrogens with one attached hydrogen (secondary N) is 1.